The number of ketones is 1. The van der Waals surface area contributed by atoms with Crippen molar-refractivity contribution in [3.8, 4) is 0 Å². The van der Waals surface area contributed by atoms with E-state index in [4.69, 9.17) is 14.2 Å². The Balaban J connectivity index is 5.25. The Labute approximate surface area is 266 Å². The summed E-state index contributed by atoms with van der Waals surface area (Å²) in [6.45, 7) is 11.8. The van der Waals surface area contributed by atoms with E-state index in [1.807, 2.05) is 13.8 Å². The third kappa shape index (κ3) is 24.3. The molecule has 0 aliphatic rings. The zero-order valence-electron chi connectivity index (χ0n) is 27.4. The number of ether oxygens (including phenoxy) is 3. The number of carbonyl (C=O) groups is 4. The Hall–Kier alpha value is -1.69. The van der Waals surface area contributed by atoms with Crippen molar-refractivity contribution in [3.63, 3.8) is 0 Å². The molecular weight excluding hydrogens is 570 g/mol. The largest absolute Gasteiger partial charge is 0.379 e. The molecule has 0 aromatic heterocycles. The first-order chi connectivity index (χ1) is 20.7. The SMILES string of the molecule is CCCCCNC(=O)CCC(CCC(=O)NCCCCS)(CCC(=O)C(C)C)NC(=O)CCOCCOCCOCCC. The molecule has 0 bridgehead atoms. The molecule has 1 atom stereocenters. The maximum atomic E-state index is 13.1. The highest BCUT2D eigenvalue weighted by Gasteiger charge is 2.33. The second-order valence-electron chi connectivity index (χ2n) is 11.4. The summed E-state index contributed by atoms with van der Waals surface area (Å²) in [7, 11) is 0. The molecule has 10 nitrogen and oxygen atoms in total. The van der Waals surface area contributed by atoms with Crippen molar-refractivity contribution >= 4 is 36.1 Å². The van der Waals surface area contributed by atoms with Crippen LogP contribution >= 0.6 is 12.6 Å². The number of unbranched alkanes of at least 4 members (excludes halogenated alkanes) is 3. The van der Waals surface area contributed by atoms with Gasteiger partial charge in [0.1, 0.15) is 5.78 Å². The zero-order chi connectivity index (χ0) is 32.2. The molecule has 0 aliphatic heterocycles. The molecule has 0 saturated heterocycles. The second-order valence-corrected chi connectivity index (χ2v) is 11.8. The first-order valence-corrected chi connectivity index (χ1v) is 17.0. The van der Waals surface area contributed by atoms with Gasteiger partial charge < -0.3 is 30.2 Å². The van der Waals surface area contributed by atoms with Gasteiger partial charge in [-0.1, -0.05) is 40.5 Å². The lowest BCUT2D eigenvalue weighted by Crippen LogP contribution is -2.50. The molecule has 3 N–H and O–H groups in total. The number of thiol groups is 1. The average molecular weight is 632 g/mol. The molecule has 0 radical (unpaired) electrons. The summed E-state index contributed by atoms with van der Waals surface area (Å²) in [6, 6.07) is 0. The molecule has 252 valence electrons. The molecule has 3 amide bonds. The molecule has 11 heteroatoms. The molecule has 1 unspecified atom stereocenters. The molecule has 0 aromatic rings. The lowest BCUT2D eigenvalue weighted by molar-refractivity contribution is -0.128. The van der Waals surface area contributed by atoms with Crippen LogP contribution in [0.1, 0.15) is 111 Å². The topological polar surface area (TPSA) is 132 Å². The van der Waals surface area contributed by atoms with Crippen LogP contribution in [0.2, 0.25) is 0 Å². The van der Waals surface area contributed by atoms with Crippen molar-refractivity contribution in [1.82, 2.24) is 16.0 Å². The Morgan fingerprint density at radius 2 is 1.14 bits per heavy atom. The molecule has 0 rings (SSSR count). The van der Waals surface area contributed by atoms with E-state index in [0.29, 0.717) is 65.4 Å². The van der Waals surface area contributed by atoms with Crippen LogP contribution in [0.15, 0.2) is 0 Å². The Bertz CT molecular complexity index is 724. The fourth-order valence-corrected chi connectivity index (χ4v) is 4.60. The van der Waals surface area contributed by atoms with Crippen molar-refractivity contribution in [2.24, 2.45) is 5.92 Å². The van der Waals surface area contributed by atoms with Gasteiger partial charge in [0.2, 0.25) is 17.7 Å². The van der Waals surface area contributed by atoms with Crippen molar-refractivity contribution in [2.45, 2.75) is 117 Å². The van der Waals surface area contributed by atoms with Crippen molar-refractivity contribution in [3.05, 3.63) is 0 Å². The lowest BCUT2D eigenvalue weighted by atomic mass is 9.81. The quantitative estimate of drug-likeness (QED) is 0.0683. The summed E-state index contributed by atoms with van der Waals surface area (Å²) in [6.07, 6.45) is 7.55. The summed E-state index contributed by atoms with van der Waals surface area (Å²) in [4.78, 5) is 51.1. The standard InChI is InChI=1S/C32H61N3O7S/c1-5-7-8-18-33-29(37)12-16-32(15-11-28(36)27(3)4,17-13-30(38)34-19-9-10-26-43)35-31(39)14-21-41-23-25-42-24-22-40-20-6-2/h27,43H,5-26H2,1-4H3,(H,33,37)(H,34,38)(H,35,39). The van der Waals surface area contributed by atoms with E-state index in [2.05, 4.69) is 42.4 Å². The van der Waals surface area contributed by atoms with E-state index >= 15 is 0 Å². The first kappa shape index (κ1) is 41.3. The highest BCUT2D eigenvalue weighted by atomic mass is 32.1. The van der Waals surface area contributed by atoms with Gasteiger partial charge in [0.15, 0.2) is 0 Å². The normalized spacial score (nSPS) is 12.6. The van der Waals surface area contributed by atoms with Crippen LogP contribution in [-0.4, -0.2) is 87.5 Å². The monoisotopic (exact) mass is 631 g/mol. The highest BCUT2D eigenvalue weighted by Crippen LogP contribution is 2.27. The number of hydrogen-bond acceptors (Lipinski definition) is 8. The first-order valence-electron chi connectivity index (χ1n) is 16.4. The zero-order valence-corrected chi connectivity index (χ0v) is 28.3. The molecular formula is C32H61N3O7S. The molecule has 0 aromatic carbocycles. The summed E-state index contributed by atoms with van der Waals surface area (Å²) in [5, 5.41) is 9.02. The highest BCUT2D eigenvalue weighted by molar-refractivity contribution is 7.80. The van der Waals surface area contributed by atoms with Gasteiger partial charge in [-0.3, -0.25) is 19.2 Å². The predicted octanol–water partition coefficient (Wildman–Crippen LogP) is 4.39. The number of nitrogens with one attached hydrogen (secondary N) is 3. The number of Topliss-reactive ketones (excluding diaryl/α,β-unsaturated/α-hetero) is 1. The summed E-state index contributed by atoms with van der Waals surface area (Å²) >= 11 is 4.21. The fraction of sp³-hybridized carbons (Fsp3) is 0.875. The Morgan fingerprint density at radius 1 is 0.628 bits per heavy atom. The van der Waals surface area contributed by atoms with E-state index in [1.54, 1.807) is 0 Å². The van der Waals surface area contributed by atoms with E-state index in [9.17, 15) is 19.2 Å². The maximum Gasteiger partial charge on any atom is 0.222 e. The smallest absolute Gasteiger partial charge is 0.222 e. The Kier molecular flexibility index (Phi) is 26.7. The maximum absolute atomic E-state index is 13.1. The second kappa shape index (κ2) is 27.8. The summed E-state index contributed by atoms with van der Waals surface area (Å²) < 4.78 is 16.4. The van der Waals surface area contributed by atoms with Crippen molar-refractivity contribution in [1.29, 1.82) is 0 Å². The third-order valence-electron chi connectivity index (χ3n) is 7.14. The molecule has 0 fully saturated rings. The van der Waals surface area contributed by atoms with Crippen molar-refractivity contribution in [2.75, 3.05) is 58.5 Å². The molecule has 0 spiro atoms. The van der Waals surface area contributed by atoms with Gasteiger partial charge in [-0.25, -0.2) is 0 Å². The number of hydrogen-bond donors (Lipinski definition) is 4. The number of rotatable bonds is 30. The van der Waals surface area contributed by atoms with Gasteiger partial charge >= 0.3 is 0 Å². The minimum absolute atomic E-state index is 0.0854. The van der Waals surface area contributed by atoms with Crippen LogP contribution < -0.4 is 16.0 Å². The lowest BCUT2D eigenvalue weighted by Gasteiger charge is -2.35. The van der Waals surface area contributed by atoms with Crippen LogP contribution in [-0.2, 0) is 33.4 Å². The number of amides is 3. The van der Waals surface area contributed by atoms with Gasteiger partial charge in [-0.15, -0.1) is 0 Å². The van der Waals surface area contributed by atoms with Gasteiger partial charge in [0, 0.05) is 56.8 Å². The molecule has 43 heavy (non-hydrogen) atoms. The van der Waals surface area contributed by atoms with Gasteiger partial charge in [0.05, 0.1) is 33.0 Å². The van der Waals surface area contributed by atoms with Crippen molar-refractivity contribution < 1.29 is 33.4 Å². The van der Waals surface area contributed by atoms with Crippen LogP contribution in [0.4, 0.5) is 0 Å². The molecule has 0 heterocycles. The van der Waals surface area contributed by atoms with Gasteiger partial charge in [0.25, 0.3) is 0 Å². The van der Waals surface area contributed by atoms with E-state index in [1.165, 1.54) is 0 Å². The average Bonchev–Trinajstić information content (AvgIpc) is 2.99. The minimum atomic E-state index is -0.869. The summed E-state index contributed by atoms with van der Waals surface area (Å²) in [5.74, 6) is 0.273. The minimum Gasteiger partial charge on any atom is -0.379 e. The molecule has 0 saturated carbocycles. The fourth-order valence-electron chi connectivity index (χ4n) is 4.37. The van der Waals surface area contributed by atoms with Crippen LogP contribution in [0.25, 0.3) is 0 Å². The van der Waals surface area contributed by atoms with E-state index in [0.717, 1.165) is 44.3 Å². The molecule has 0 aliphatic carbocycles. The Morgan fingerprint density at radius 3 is 1.65 bits per heavy atom. The van der Waals surface area contributed by atoms with Crippen LogP contribution in [0, 0.1) is 5.92 Å². The van der Waals surface area contributed by atoms with E-state index < -0.39 is 5.54 Å². The van der Waals surface area contributed by atoms with Crippen LogP contribution in [0.3, 0.4) is 0 Å². The van der Waals surface area contributed by atoms with Crippen LogP contribution in [0.5, 0.6) is 0 Å². The van der Waals surface area contributed by atoms with Gasteiger partial charge in [-0.2, -0.15) is 12.6 Å². The van der Waals surface area contributed by atoms with E-state index in [-0.39, 0.29) is 61.7 Å². The third-order valence-corrected chi connectivity index (χ3v) is 7.45. The van der Waals surface area contributed by atoms with Gasteiger partial charge in [-0.05, 0) is 50.7 Å². The number of carbonyl (C=O) groups excluding carboxylic acids is 4. The summed E-state index contributed by atoms with van der Waals surface area (Å²) in [5.41, 5.74) is -0.869. The predicted molar refractivity (Wildman–Crippen MR) is 174 cm³/mol.